The molecule has 0 aromatic heterocycles. The number of hydrogen-bond acceptors (Lipinski definition) is 2. The minimum atomic E-state index is 0.488. The monoisotopic (exact) mass is 282 g/mol. The molecular formula is C18H38N2. The van der Waals surface area contributed by atoms with Crippen LogP contribution in [-0.2, 0) is 0 Å². The second kappa shape index (κ2) is 8.38. The highest BCUT2D eigenvalue weighted by atomic mass is 15.2. The number of nitrogens with one attached hydrogen (secondary N) is 1. The maximum Gasteiger partial charge on any atom is 0.0220 e. The fourth-order valence-corrected chi connectivity index (χ4v) is 3.42. The van der Waals surface area contributed by atoms with Crippen molar-refractivity contribution in [3.63, 3.8) is 0 Å². The zero-order valence-electron chi connectivity index (χ0n) is 14.8. The summed E-state index contributed by atoms with van der Waals surface area (Å²) in [6.07, 6.45) is 5.40. The van der Waals surface area contributed by atoms with E-state index >= 15 is 0 Å². The molecule has 0 amide bonds. The summed E-state index contributed by atoms with van der Waals surface area (Å²) >= 11 is 0. The molecule has 1 fully saturated rings. The molecule has 1 heterocycles. The van der Waals surface area contributed by atoms with Crippen LogP contribution in [0.2, 0.25) is 0 Å². The quantitative estimate of drug-likeness (QED) is 0.754. The Kier molecular flexibility index (Phi) is 7.53. The average Bonchev–Trinajstić information content (AvgIpc) is 2.36. The summed E-state index contributed by atoms with van der Waals surface area (Å²) in [4.78, 5) is 2.75. The summed E-state index contributed by atoms with van der Waals surface area (Å²) in [5, 5.41) is 3.67. The van der Waals surface area contributed by atoms with Crippen LogP contribution in [0.5, 0.6) is 0 Å². The molecular weight excluding hydrogens is 244 g/mol. The Labute approximate surface area is 127 Å². The van der Waals surface area contributed by atoms with E-state index in [0.717, 1.165) is 24.4 Å². The molecule has 1 saturated heterocycles. The van der Waals surface area contributed by atoms with Gasteiger partial charge in [0.15, 0.2) is 0 Å². The molecule has 0 bridgehead atoms. The van der Waals surface area contributed by atoms with Crippen molar-refractivity contribution in [3.8, 4) is 0 Å². The Balaban J connectivity index is 2.41. The van der Waals surface area contributed by atoms with E-state index in [4.69, 9.17) is 0 Å². The second-order valence-corrected chi connectivity index (χ2v) is 8.17. The van der Waals surface area contributed by atoms with Crippen LogP contribution in [0.4, 0.5) is 0 Å². The summed E-state index contributed by atoms with van der Waals surface area (Å²) in [6, 6.07) is 0.750. The Bertz CT molecular complexity index is 247. The predicted molar refractivity (Wildman–Crippen MR) is 90.2 cm³/mol. The zero-order chi connectivity index (χ0) is 15.2. The molecule has 120 valence electrons. The smallest absolute Gasteiger partial charge is 0.0220 e. The Morgan fingerprint density at radius 2 is 1.70 bits per heavy atom. The van der Waals surface area contributed by atoms with E-state index in [2.05, 4.69) is 51.8 Å². The van der Waals surface area contributed by atoms with Gasteiger partial charge < -0.3 is 5.32 Å². The molecule has 1 atom stereocenters. The highest BCUT2D eigenvalue weighted by Crippen LogP contribution is 2.34. The van der Waals surface area contributed by atoms with Crippen molar-refractivity contribution in [2.75, 3.05) is 26.2 Å². The summed E-state index contributed by atoms with van der Waals surface area (Å²) in [6.45, 7) is 19.0. The van der Waals surface area contributed by atoms with Gasteiger partial charge in [-0.15, -0.1) is 0 Å². The Morgan fingerprint density at radius 1 is 1.10 bits per heavy atom. The van der Waals surface area contributed by atoms with Gasteiger partial charge in [-0.05, 0) is 56.1 Å². The fourth-order valence-electron chi connectivity index (χ4n) is 3.42. The maximum atomic E-state index is 3.67. The molecule has 1 N–H and O–H groups in total. The van der Waals surface area contributed by atoms with Gasteiger partial charge in [-0.3, -0.25) is 4.90 Å². The van der Waals surface area contributed by atoms with Crippen molar-refractivity contribution in [1.82, 2.24) is 10.2 Å². The van der Waals surface area contributed by atoms with E-state index in [1.165, 1.54) is 45.3 Å². The molecule has 0 aliphatic carbocycles. The van der Waals surface area contributed by atoms with Gasteiger partial charge in [-0.1, -0.05) is 48.0 Å². The van der Waals surface area contributed by atoms with Gasteiger partial charge in [0.2, 0.25) is 0 Å². The molecule has 0 radical (unpaired) electrons. The third kappa shape index (κ3) is 6.13. The normalized spacial score (nSPS) is 20.6. The van der Waals surface area contributed by atoms with Gasteiger partial charge in [-0.25, -0.2) is 0 Å². The first-order valence-corrected chi connectivity index (χ1v) is 8.79. The summed E-state index contributed by atoms with van der Waals surface area (Å²) < 4.78 is 0. The predicted octanol–water partition coefficient (Wildman–Crippen LogP) is 4.16. The van der Waals surface area contributed by atoms with Crippen LogP contribution in [0.15, 0.2) is 0 Å². The Morgan fingerprint density at radius 3 is 2.15 bits per heavy atom. The molecule has 1 rings (SSSR count). The Hall–Kier alpha value is -0.0800. The summed E-state index contributed by atoms with van der Waals surface area (Å²) in [7, 11) is 0. The van der Waals surface area contributed by atoms with Crippen molar-refractivity contribution in [3.05, 3.63) is 0 Å². The molecule has 0 saturated carbocycles. The highest BCUT2D eigenvalue weighted by molar-refractivity contribution is 4.84. The van der Waals surface area contributed by atoms with E-state index in [-0.39, 0.29) is 0 Å². The van der Waals surface area contributed by atoms with Crippen LogP contribution in [0.25, 0.3) is 0 Å². The lowest BCUT2D eigenvalue weighted by Gasteiger charge is -2.42. The summed E-state index contributed by atoms with van der Waals surface area (Å²) in [5.41, 5.74) is 0.488. The second-order valence-electron chi connectivity index (χ2n) is 8.17. The van der Waals surface area contributed by atoms with Crippen LogP contribution in [0.3, 0.4) is 0 Å². The van der Waals surface area contributed by atoms with Gasteiger partial charge in [-0.2, -0.15) is 0 Å². The van der Waals surface area contributed by atoms with Gasteiger partial charge in [0.25, 0.3) is 0 Å². The first kappa shape index (κ1) is 18.0. The molecule has 0 aromatic carbocycles. The minimum Gasteiger partial charge on any atom is -0.315 e. The van der Waals surface area contributed by atoms with E-state index < -0.39 is 0 Å². The van der Waals surface area contributed by atoms with Crippen molar-refractivity contribution in [2.45, 2.75) is 73.3 Å². The molecule has 2 heteroatoms. The van der Waals surface area contributed by atoms with E-state index in [1.807, 2.05) is 0 Å². The third-order valence-electron chi connectivity index (χ3n) is 4.83. The SMILES string of the molecule is CCCC(CNCC(C)C)N1CCC(C(C)(C)C)CC1. The van der Waals surface area contributed by atoms with E-state index in [9.17, 15) is 0 Å². The minimum absolute atomic E-state index is 0.488. The largest absolute Gasteiger partial charge is 0.315 e. The van der Waals surface area contributed by atoms with Gasteiger partial charge in [0, 0.05) is 12.6 Å². The molecule has 1 aliphatic rings. The molecule has 1 aliphatic heterocycles. The molecule has 0 aromatic rings. The van der Waals surface area contributed by atoms with Crippen LogP contribution < -0.4 is 5.32 Å². The number of nitrogens with zero attached hydrogens (tertiary/aromatic N) is 1. The van der Waals surface area contributed by atoms with Gasteiger partial charge >= 0.3 is 0 Å². The lowest BCUT2D eigenvalue weighted by Crippen LogP contribution is -2.48. The molecule has 2 nitrogen and oxygen atoms in total. The molecule has 20 heavy (non-hydrogen) atoms. The molecule has 1 unspecified atom stereocenters. The van der Waals surface area contributed by atoms with Crippen molar-refractivity contribution in [2.24, 2.45) is 17.3 Å². The highest BCUT2D eigenvalue weighted by Gasteiger charge is 2.30. The van der Waals surface area contributed by atoms with Crippen LogP contribution >= 0.6 is 0 Å². The van der Waals surface area contributed by atoms with Crippen LogP contribution in [0, 0.1) is 17.3 Å². The maximum absolute atomic E-state index is 3.67. The van der Waals surface area contributed by atoms with Crippen molar-refractivity contribution < 1.29 is 0 Å². The fraction of sp³-hybridized carbons (Fsp3) is 1.00. The lowest BCUT2D eigenvalue weighted by atomic mass is 9.75. The molecule has 0 spiro atoms. The first-order chi connectivity index (χ1) is 9.34. The van der Waals surface area contributed by atoms with Crippen molar-refractivity contribution >= 4 is 0 Å². The summed E-state index contributed by atoms with van der Waals surface area (Å²) in [5.74, 6) is 1.66. The number of likely N-dealkylation sites (tertiary alicyclic amines) is 1. The van der Waals surface area contributed by atoms with Gasteiger partial charge in [0.1, 0.15) is 0 Å². The zero-order valence-corrected chi connectivity index (χ0v) is 14.8. The van der Waals surface area contributed by atoms with Crippen LogP contribution in [0.1, 0.15) is 67.2 Å². The van der Waals surface area contributed by atoms with Crippen LogP contribution in [-0.4, -0.2) is 37.1 Å². The number of hydrogen-bond donors (Lipinski definition) is 1. The average molecular weight is 283 g/mol. The lowest BCUT2D eigenvalue weighted by molar-refractivity contribution is 0.0784. The van der Waals surface area contributed by atoms with Gasteiger partial charge in [0.05, 0.1) is 0 Å². The number of piperidine rings is 1. The topological polar surface area (TPSA) is 15.3 Å². The van der Waals surface area contributed by atoms with E-state index in [1.54, 1.807) is 0 Å². The van der Waals surface area contributed by atoms with E-state index in [0.29, 0.717) is 5.41 Å². The van der Waals surface area contributed by atoms with Crippen molar-refractivity contribution in [1.29, 1.82) is 0 Å². The number of rotatable bonds is 7. The third-order valence-corrected chi connectivity index (χ3v) is 4.83. The first-order valence-electron chi connectivity index (χ1n) is 8.79. The standard InChI is InChI=1S/C18H38N2/c1-7-8-17(14-19-13-15(2)3)20-11-9-16(10-12-20)18(4,5)6/h15-17,19H,7-14H2,1-6H3.